The van der Waals surface area contributed by atoms with Crippen LogP contribution in [0.5, 0.6) is 0 Å². The van der Waals surface area contributed by atoms with Crippen molar-refractivity contribution < 1.29 is 47.1 Å². The number of nitrogen functional groups attached to an aromatic ring is 1. The lowest BCUT2D eigenvalue weighted by molar-refractivity contribution is -0.119. The van der Waals surface area contributed by atoms with Crippen LogP contribution in [0.1, 0.15) is 138 Å². The van der Waals surface area contributed by atoms with Gasteiger partial charge in [-0.3, -0.25) is 29.0 Å². The molecule has 460 valence electrons. The number of halogens is 4. The number of aliphatic imine (C=N–C) groups is 1. The minimum Gasteiger partial charge on any atom is -0.399 e. The number of Topliss-reactive ketones (excluding diaryl/α,β-unsaturated/α-hetero) is 5. The fraction of sp³-hybridized carbons (Fsp3) is 0.643. The van der Waals surface area contributed by atoms with Gasteiger partial charge in [-0.15, -0.1) is 0 Å². The number of rotatable bonds is 31. The monoisotopic (exact) mass is 1130 g/mol. The molecule has 23 heteroatoms. The Morgan fingerprint density at radius 1 is 0.544 bits per heavy atom. The summed E-state index contributed by atoms with van der Waals surface area (Å²) in [6.45, 7) is 18.6. The van der Waals surface area contributed by atoms with Gasteiger partial charge in [0, 0.05) is 68.7 Å². The molecule has 5 atom stereocenters. The van der Waals surface area contributed by atoms with Crippen LogP contribution in [-0.4, -0.2) is 145 Å². The summed E-state index contributed by atoms with van der Waals surface area (Å²) >= 11 is 0. The van der Waals surface area contributed by atoms with Crippen molar-refractivity contribution in [2.24, 2.45) is 10.7 Å². The van der Waals surface area contributed by atoms with Crippen LogP contribution in [0, 0.1) is 5.41 Å². The molecule has 0 aliphatic rings. The highest BCUT2D eigenvalue weighted by Crippen LogP contribution is 2.10. The molecular weight excluding hydrogens is 1030 g/mol. The van der Waals surface area contributed by atoms with Crippen LogP contribution in [0.4, 0.5) is 28.8 Å². The van der Waals surface area contributed by atoms with Crippen molar-refractivity contribution in [3.63, 3.8) is 0 Å². The van der Waals surface area contributed by atoms with E-state index < -0.39 is 6.03 Å². The summed E-state index contributed by atoms with van der Waals surface area (Å²) in [6.07, 6.45) is 9.56. The van der Waals surface area contributed by atoms with Gasteiger partial charge in [0.15, 0.2) is 0 Å². The Morgan fingerprint density at radius 3 is 1.16 bits per heavy atom. The van der Waals surface area contributed by atoms with Gasteiger partial charge in [-0.25, -0.2) is 4.79 Å². The van der Waals surface area contributed by atoms with Gasteiger partial charge >= 0.3 is 6.03 Å². The molecule has 2 aromatic carbocycles. The number of carbonyl (C=O) groups is 6. The SMILES string of the molecule is C.CCC(=NC)NCCC[C@H](NC)C(C)=O.CN[C@@H](CCCCNC(C)C)C(C)=O.CN[C@@H](CCCNC(N)=O)C(C)=O.CN[C@@H](Cc1ccc(CC(C)=N)cc1)C(C)=O.CN[C@@H](Cc1ccc(N)cc1)C(C)=O.FF.FF.N. The fourth-order valence-corrected chi connectivity index (χ4v) is 7.06. The van der Waals surface area contributed by atoms with Crippen LogP contribution in [0.15, 0.2) is 53.5 Å². The van der Waals surface area contributed by atoms with Crippen molar-refractivity contribution in [1.29, 1.82) is 5.41 Å². The van der Waals surface area contributed by atoms with E-state index in [0.29, 0.717) is 37.6 Å². The number of nitrogens with zero attached hydrogens (tertiary/aromatic N) is 1. The topological polar surface area (TPSA) is 322 Å². The molecule has 16 N–H and O–H groups in total. The lowest BCUT2D eigenvalue weighted by Gasteiger charge is -2.13. The first-order chi connectivity index (χ1) is 36.5. The summed E-state index contributed by atoms with van der Waals surface area (Å²) in [4.78, 5) is 69.9. The van der Waals surface area contributed by atoms with Crippen molar-refractivity contribution in [1.82, 2.24) is 48.7 Å². The van der Waals surface area contributed by atoms with Gasteiger partial charge in [0.25, 0.3) is 0 Å². The number of urea groups is 1. The number of nitrogens with one attached hydrogen (secondary N) is 9. The van der Waals surface area contributed by atoms with E-state index in [-0.39, 0.29) is 72.7 Å². The number of carbonyl (C=O) groups excluding carboxylic acids is 6. The molecule has 0 spiro atoms. The van der Waals surface area contributed by atoms with Crippen LogP contribution in [0.3, 0.4) is 0 Å². The van der Waals surface area contributed by atoms with E-state index in [4.69, 9.17) is 35.2 Å². The second-order valence-electron chi connectivity index (χ2n) is 18.3. The van der Waals surface area contributed by atoms with Gasteiger partial charge < -0.3 is 65.6 Å². The minimum absolute atomic E-state index is 0. The lowest BCUT2D eigenvalue weighted by atomic mass is 10.0. The minimum atomic E-state index is -0.524. The quantitative estimate of drug-likeness (QED) is 0.0115. The van der Waals surface area contributed by atoms with E-state index in [1.807, 2.05) is 62.6 Å². The van der Waals surface area contributed by atoms with E-state index >= 15 is 0 Å². The molecule has 0 aliphatic heterocycles. The zero-order valence-corrected chi connectivity index (χ0v) is 49.8. The molecule has 0 bridgehead atoms. The number of unbranched alkanes of at least 4 members (excludes halogenated alkanes) is 1. The summed E-state index contributed by atoms with van der Waals surface area (Å²) in [5.74, 6) is 1.90. The van der Waals surface area contributed by atoms with E-state index in [9.17, 15) is 28.8 Å². The molecule has 2 rings (SSSR count). The zero-order valence-electron chi connectivity index (χ0n) is 49.8. The maximum absolute atomic E-state index is 11.3. The number of anilines is 1. The van der Waals surface area contributed by atoms with Crippen molar-refractivity contribution in [3.8, 4) is 0 Å². The molecule has 2 amide bonds. The van der Waals surface area contributed by atoms with Gasteiger partial charge in [-0.2, -0.15) is 0 Å². The summed E-state index contributed by atoms with van der Waals surface area (Å²) in [7, 11) is 10.8. The third-order valence-corrected chi connectivity index (χ3v) is 11.6. The average Bonchev–Trinajstić information content (AvgIpc) is 3.39. The molecule has 0 aromatic heterocycles. The van der Waals surface area contributed by atoms with E-state index in [1.165, 1.54) is 0 Å². The first-order valence-corrected chi connectivity index (χ1v) is 26.1. The number of likely N-dealkylation sites (N-methyl/N-ethyl adjacent to an activating group) is 5. The van der Waals surface area contributed by atoms with Crippen molar-refractivity contribution in [2.75, 3.05) is 67.7 Å². The number of ketones is 5. The predicted molar refractivity (Wildman–Crippen MR) is 320 cm³/mol. The predicted octanol–water partition coefficient (Wildman–Crippen LogP) is 7.37. The second-order valence-corrected chi connectivity index (χ2v) is 18.3. The third kappa shape index (κ3) is 52.9. The third-order valence-electron chi connectivity index (χ3n) is 11.6. The van der Waals surface area contributed by atoms with Gasteiger partial charge in [0.05, 0.1) is 36.0 Å². The molecule has 79 heavy (non-hydrogen) atoms. The Labute approximate surface area is 472 Å². The molecule has 0 fully saturated rings. The van der Waals surface area contributed by atoms with Gasteiger partial charge in [0.1, 0.15) is 28.9 Å². The normalized spacial score (nSPS) is 11.9. The Bertz CT molecular complexity index is 1880. The summed E-state index contributed by atoms with van der Waals surface area (Å²) < 4.78 is 32.0. The molecule has 0 radical (unpaired) electrons. The summed E-state index contributed by atoms with van der Waals surface area (Å²) in [6, 6.07) is 15.5. The molecule has 0 saturated heterocycles. The largest absolute Gasteiger partial charge is 0.399 e. The van der Waals surface area contributed by atoms with Crippen molar-refractivity contribution in [3.05, 3.63) is 65.2 Å². The Hall–Kier alpha value is -5.56. The maximum Gasteiger partial charge on any atom is 0.312 e. The number of benzene rings is 2. The Kier molecular flexibility index (Phi) is 64.7. The van der Waals surface area contributed by atoms with E-state index in [1.54, 1.807) is 69.7 Å². The summed E-state index contributed by atoms with van der Waals surface area (Å²) in [5, 5.41) is 31.4. The van der Waals surface area contributed by atoms with Crippen molar-refractivity contribution >= 4 is 52.2 Å². The molecule has 0 aliphatic carbocycles. The maximum atomic E-state index is 11.3. The second kappa shape index (κ2) is 58.6. The lowest BCUT2D eigenvalue weighted by Crippen LogP contribution is -2.34. The standard InChI is InChI=1S/C14H20N2O.C11H23N3O.C11H16N2O.C11H24N2O.C8H17N3O2.CH4.2F2.H3N/c1-10(15)8-12-4-6-13(7-5-12)9-14(16-3)11(2)17;1-5-11(13-4)14-8-6-7-10(12-3)9(2)15;1-8(14)11(13-2)7-9-3-5-10(12)6-4-9;1-9(2)13-8-6-5-7-11(12-4)10(3)14;1-6(12)7(10-2)4-3-5-11-8(9)13;;2*1-2;/h4-7,14-16H,8-9H2,1-3H3;10,12H,5-8H2,1-4H3,(H,13,14);3-6,11,13H,7,12H2,1-2H3;9,11-13H,5-8H2,1-4H3;7,10H,3-5H2,1-2H3,(H3,9,11,13);1H4;;;1H3/t14-;10-;2*11-;7-;;;;/m00000..../s1. The Morgan fingerprint density at radius 2 is 0.873 bits per heavy atom. The zero-order chi connectivity index (χ0) is 60.3. The Balaban J connectivity index is -0.000000161. The number of amides is 2. The molecule has 2 aromatic rings. The molecule has 0 saturated carbocycles. The number of nitrogens with two attached hydrogens (primary N) is 2. The summed E-state index contributed by atoms with van der Waals surface area (Å²) in [5.41, 5.74) is 15.3. The highest BCUT2D eigenvalue weighted by molar-refractivity contribution is 5.84. The highest BCUT2D eigenvalue weighted by atomic mass is 20.0. The van der Waals surface area contributed by atoms with Gasteiger partial charge in [-0.05, 0) is 164 Å². The molecule has 0 heterocycles. The van der Waals surface area contributed by atoms with Crippen LogP contribution < -0.4 is 60.2 Å². The highest BCUT2D eigenvalue weighted by Gasteiger charge is 2.14. The number of amidine groups is 1. The van der Waals surface area contributed by atoms with E-state index in [2.05, 4.69) is 68.3 Å². The number of hydrogen-bond acceptors (Lipinski definition) is 16. The van der Waals surface area contributed by atoms with Gasteiger partial charge in [0.2, 0.25) is 0 Å². The van der Waals surface area contributed by atoms with Crippen LogP contribution in [0.25, 0.3) is 0 Å². The van der Waals surface area contributed by atoms with Crippen molar-refractivity contribution in [2.45, 2.75) is 177 Å². The van der Waals surface area contributed by atoms with Crippen LogP contribution >= 0.6 is 0 Å². The molecule has 19 nitrogen and oxygen atoms in total. The molecular formula is C56H107F4N13O6. The smallest absolute Gasteiger partial charge is 0.312 e. The number of hydrogen-bond donors (Lipinski definition) is 12. The molecule has 0 unspecified atom stereocenters. The fourth-order valence-electron chi connectivity index (χ4n) is 7.06. The van der Waals surface area contributed by atoms with Crippen LogP contribution in [0.2, 0.25) is 0 Å². The number of primary amides is 1. The first-order valence-electron chi connectivity index (χ1n) is 26.1. The van der Waals surface area contributed by atoms with E-state index in [0.717, 1.165) is 92.7 Å². The van der Waals surface area contributed by atoms with Crippen LogP contribution in [-0.2, 0) is 43.2 Å². The first kappa shape index (κ1) is 87.3. The average molecular weight is 1130 g/mol. The van der Waals surface area contributed by atoms with Gasteiger partial charge in [-0.1, -0.05) is 71.0 Å².